The summed E-state index contributed by atoms with van der Waals surface area (Å²) in [5.41, 5.74) is 1.20. The van der Waals surface area contributed by atoms with E-state index >= 15 is 0 Å². The summed E-state index contributed by atoms with van der Waals surface area (Å²) in [6.07, 6.45) is 0. The highest BCUT2D eigenvalue weighted by Gasteiger charge is 2.06. The van der Waals surface area contributed by atoms with E-state index in [1.807, 2.05) is 6.07 Å². The number of ether oxygens (including phenoxy) is 1. The topological polar surface area (TPSA) is 50.4 Å². The lowest BCUT2D eigenvalue weighted by atomic mass is 10.3. The lowest BCUT2D eigenvalue weighted by Crippen LogP contribution is -2.19. The summed E-state index contributed by atoms with van der Waals surface area (Å²) in [4.78, 5) is 12.0. The van der Waals surface area contributed by atoms with E-state index in [4.69, 9.17) is 16.3 Å². The van der Waals surface area contributed by atoms with Gasteiger partial charge in [0.1, 0.15) is 5.75 Å². The van der Waals surface area contributed by atoms with Crippen molar-refractivity contribution in [1.82, 2.24) is 0 Å². The largest absolute Gasteiger partial charge is 0.497 e. The molecule has 0 aliphatic heterocycles. The molecule has 21 heavy (non-hydrogen) atoms. The first-order valence-corrected chi connectivity index (χ1v) is 7.81. The van der Waals surface area contributed by atoms with Gasteiger partial charge >= 0.3 is 6.03 Å². The molecule has 0 spiro atoms. The van der Waals surface area contributed by atoms with Crippen molar-refractivity contribution in [3.63, 3.8) is 0 Å². The molecule has 4 nitrogen and oxygen atoms in total. The molecular formula is C14H11Br2ClN2O2. The number of benzene rings is 2. The third-order valence-electron chi connectivity index (χ3n) is 2.49. The lowest BCUT2D eigenvalue weighted by molar-refractivity contribution is 0.262. The van der Waals surface area contributed by atoms with Crippen LogP contribution in [0.15, 0.2) is 45.3 Å². The zero-order valence-electron chi connectivity index (χ0n) is 10.9. The number of rotatable bonds is 3. The van der Waals surface area contributed by atoms with Gasteiger partial charge < -0.3 is 15.4 Å². The van der Waals surface area contributed by atoms with E-state index in [0.717, 1.165) is 8.95 Å². The molecule has 0 fully saturated rings. The number of hydrogen-bond donors (Lipinski definition) is 2. The molecule has 0 aliphatic rings. The van der Waals surface area contributed by atoms with Gasteiger partial charge in [-0.25, -0.2) is 4.79 Å². The molecule has 0 aliphatic carbocycles. The van der Waals surface area contributed by atoms with Gasteiger partial charge in [-0.15, -0.1) is 0 Å². The summed E-state index contributed by atoms with van der Waals surface area (Å²) in [6.45, 7) is 0. The van der Waals surface area contributed by atoms with E-state index in [0.29, 0.717) is 22.1 Å². The quantitative estimate of drug-likeness (QED) is 0.669. The van der Waals surface area contributed by atoms with Gasteiger partial charge in [0.05, 0.1) is 7.11 Å². The van der Waals surface area contributed by atoms with E-state index in [1.54, 1.807) is 30.3 Å². The molecule has 0 bridgehead atoms. The molecule has 0 heterocycles. The van der Waals surface area contributed by atoms with E-state index < -0.39 is 0 Å². The van der Waals surface area contributed by atoms with Gasteiger partial charge in [0, 0.05) is 31.4 Å². The van der Waals surface area contributed by atoms with Crippen LogP contribution in [-0.4, -0.2) is 13.1 Å². The van der Waals surface area contributed by atoms with Gasteiger partial charge in [0.15, 0.2) is 0 Å². The second-order valence-corrected chi connectivity index (χ2v) is 6.38. The first-order valence-electron chi connectivity index (χ1n) is 5.85. The third-order valence-corrected chi connectivity index (χ3v) is 3.62. The Morgan fingerprint density at radius 1 is 1.00 bits per heavy atom. The minimum Gasteiger partial charge on any atom is -0.497 e. The number of halogens is 3. The van der Waals surface area contributed by atoms with Crippen LogP contribution in [-0.2, 0) is 0 Å². The molecule has 0 saturated carbocycles. The normalized spacial score (nSPS) is 10.1. The number of nitrogens with one attached hydrogen (secondary N) is 2. The van der Waals surface area contributed by atoms with Gasteiger partial charge in [-0.3, -0.25) is 0 Å². The molecule has 0 unspecified atom stereocenters. The maximum Gasteiger partial charge on any atom is 0.323 e. The number of anilines is 2. The van der Waals surface area contributed by atoms with Gasteiger partial charge in [0.25, 0.3) is 0 Å². The third kappa shape index (κ3) is 4.91. The van der Waals surface area contributed by atoms with E-state index in [9.17, 15) is 4.79 Å². The first-order chi connectivity index (χ1) is 9.96. The molecule has 0 saturated heterocycles. The standard InChI is InChI=1S/C14H11Br2ClN2O2/c1-21-13-6-10(17)5-12(7-13)19-14(20)18-11-3-8(15)2-9(16)4-11/h2-7H,1H3,(H2,18,19,20). The highest BCUT2D eigenvalue weighted by atomic mass is 79.9. The molecule has 0 radical (unpaired) electrons. The Balaban J connectivity index is 2.09. The zero-order valence-corrected chi connectivity index (χ0v) is 14.8. The monoisotopic (exact) mass is 432 g/mol. The maximum absolute atomic E-state index is 12.0. The highest BCUT2D eigenvalue weighted by Crippen LogP contribution is 2.25. The lowest BCUT2D eigenvalue weighted by Gasteiger charge is -2.10. The van der Waals surface area contributed by atoms with Gasteiger partial charge in [-0.05, 0) is 30.3 Å². The molecule has 0 aromatic heterocycles. The molecule has 110 valence electrons. The number of methoxy groups -OCH3 is 1. The van der Waals surface area contributed by atoms with Crippen LogP contribution in [0.5, 0.6) is 5.75 Å². The van der Waals surface area contributed by atoms with Crippen molar-refractivity contribution in [1.29, 1.82) is 0 Å². The molecule has 7 heteroatoms. The Hall–Kier alpha value is -1.24. The number of carbonyl (C=O) groups is 1. The summed E-state index contributed by atoms with van der Waals surface area (Å²) < 4.78 is 6.81. The molecule has 2 aromatic rings. The van der Waals surface area contributed by atoms with E-state index in [1.165, 1.54) is 7.11 Å². The number of amides is 2. The summed E-state index contributed by atoms with van der Waals surface area (Å²) in [5, 5.41) is 5.92. The highest BCUT2D eigenvalue weighted by molar-refractivity contribution is 9.11. The van der Waals surface area contributed by atoms with Crippen molar-refractivity contribution in [2.45, 2.75) is 0 Å². The maximum atomic E-state index is 12.0. The minimum atomic E-state index is -0.371. The predicted octanol–water partition coefficient (Wildman–Crippen LogP) is 5.52. The van der Waals surface area contributed by atoms with Crippen LogP contribution in [0.1, 0.15) is 0 Å². The fourth-order valence-electron chi connectivity index (χ4n) is 1.67. The number of urea groups is 1. The Kier molecular flexibility index (Phi) is 5.50. The van der Waals surface area contributed by atoms with Crippen LogP contribution in [0, 0.1) is 0 Å². The van der Waals surface area contributed by atoms with Crippen molar-refractivity contribution >= 4 is 60.9 Å². The van der Waals surface area contributed by atoms with E-state index in [2.05, 4.69) is 42.5 Å². The van der Waals surface area contributed by atoms with Crippen molar-refractivity contribution in [3.05, 3.63) is 50.4 Å². The zero-order chi connectivity index (χ0) is 15.4. The van der Waals surface area contributed by atoms with Crippen LogP contribution in [0.2, 0.25) is 5.02 Å². The Labute approximate surface area is 144 Å². The first kappa shape index (κ1) is 16.1. The van der Waals surface area contributed by atoms with Crippen molar-refractivity contribution in [2.24, 2.45) is 0 Å². The second-order valence-electron chi connectivity index (χ2n) is 4.12. The van der Waals surface area contributed by atoms with Gasteiger partial charge in [-0.1, -0.05) is 43.5 Å². The molecule has 2 aromatic carbocycles. The number of hydrogen-bond acceptors (Lipinski definition) is 2. The summed E-state index contributed by atoms with van der Waals surface area (Å²) >= 11 is 12.7. The van der Waals surface area contributed by atoms with Crippen LogP contribution < -0.4 is 15.4 Å². The van der Waals surface area contributed by atoms with Crippen LogP contribution in [0.3, 0.4) is 0 Å². The van der Waals surface area contributed by atoms with Crippen LogP contribution in [0.4, 0.5) is 16.2 Å². The fourth-order valence-corrected chi connectivity index (χ4v) is 3.19. The predicted molar refractivity (Wildman–Crippen MR) is 92.5 cm³/mol. The Morgan fingerprint density at radius 2 is 1.57 bits per heavy atom. The molecule has 2 N–H and O–H groups in total. The van der Waals surface area contributed by atoms with E-state index in [-0.39, 0.29) is 6.03 Å². The molecule has 2 amide bonds. The van der Waals surface area contributed by atoms with Crippen LogP contribution in [0.25, 0.3) is 0 Å². The smallest absolute Gasteiger partial charge is 0.323 e. The average molecular weight is 435 g/mol. The molecule has 0 atom stereocenters. The summed E-state index contributed by atoms with van der Waals surface area (Å²) in [6, 6.07) is 10.1. The molecular weight excluding hydrogens is 423 g/mol. The average Bonchev–Trinajstić information content (AvgIpc) is 2.36. The molecule has 2 rings (SSSR count). The van der Waals surface area contributed by atoms with Gasteiger partial charge in [-0.2, -0.15) is 0 Å². The minimum absolute atomic E-state index is 0.371. The summed E-state index contributed by atoms with van der Waals surface area (Å²) in [7, 11) is 1.54. The van der Waals surface area contributed by atoms with Crippen molar-refractivity contribution in [2.75, 3.05) is 17.7 Å². The number of carbonyl (C=O) groups excluding carboxylic acids is 1. The van der Waals surface area contributed by atoms with Gasteiger partial charge in [0.2, 0.25) is 0 Å². The Bertz CT molecular complexity index is 660. The fraction of sp³-hybridized carbons (Fsp3) is 0.0714. The van der Waals surface area contributed by atoms with Crippen LogP contribution >= 0.6 is 43.5 Å². The second kappa shape index (κ2) is 7.15. The SMILES string of the molecule is COc1cc(Cl)cc(NC(=O)Nc2cc(Br)cc(Br)c2)c1. The van der Waals surface area contributed by atoms with Crippen molar-refractivity contribution < 1.29 is 9.53 Å². The Morgan fingerprint density at radius 3 is 2.14 bits per heavy atom. The summed E-state index contributed by atoms with van der Waals surface area (Å²) in [5.74, 6) is 0.572. The van der Waals surface area contributed by atoms with Crippen molar-refractivity contribution in [3.8, 4) is 5.75 Å².